The summed E-state index contributed by atoms with van der Waals surface area (Å²) in [6.45, 7) is 5.98. The predicted octanol–water partition coefficient (Wildman–Crippen LogP) is 4.42. The molecule has 0 aliphatic carbocycles. The number of carbonyl (C=O) groups excluding carboxylic acids is 2. The Labute approximate surface area is 162 Å². The number of nitrogens with zero attached hydrogens (tertiary/aromatic N) is 2. The molecule has 4 rings (SSSR count). The van der Waals surface area contributed by atoms with Crippen molar-refractivity contribution in [3.8, 4) is 5.69 Å². The van der Waals surface area contributed by atoms with Gasteiger partial charge in [0.1, 0.15) is 5.82 Å². The van der Waals surface area contributed by atoms with Crippen molar-refractivity contribution in [2.24, 2.45) is 0 Å². The van der Waals surface area contributed by atoms with Gasteiger partial charge in [0.15, 0.2) is 5.78 Å². The number of hydrogen-bond donors (Lipinski definition) is 1. The lowest BCUT2D eigenvalue weighted by Crippen LogP contribution is -2.28. The van der Waals surface area contributed by atoms with E-state index in [0.29, 0.717) is 10.7 Å². The fraction of sp³-hybridized carbons (Fsp3) is 0.286. The first-order valence-corrected chi connectivity index (χ1v) is 9.89. The SMILES string of the molecule is CCc1cccc(-n2nc(C)c3c2NC(=O)C[C@H]3C(=O)c2ccc(C)s2)c1. The van der Waals surface area contributed by atoms with Crippen LogP contribution in [0.4, 0.5) is 5.82 Å². The van der Waals surface area contributed by atoms with Gasteiger partial charge in [-0.15, -0.1) is 11.3 Å². The number of rotatable bonds is 4. The molecule has 1 amide bonds. The van der Waals surface area contributed by atoms with Crippen molar-refractivity contribution in [2.75, 3.05) is 5.32 Å². The maximum Gasteiger partial charge on any atom is 0.226 e. The number of carbonyl (C=O) groups is 2. The highest BCUT2D eigenvalue weighted by Crippen LogP contribution is 2.39. The summed E-state index contributed by atoms with van der Waals surface area (Å²) in [6.07, 6.45) is 1.08. The largest absolute Gasteiger partial charge is 0.310 e. The molecule has 27 heavy (non-hydrogen) atoms. The standard InChI is InChI=1S/C21H21N3O2S/c1-4-14-6-5-7-15(10-14)24-21-19(13(3)23-24)16(11-18(25)22-21)20(26)17-9-8-12(2)27-17/h5-10,16H,4,11H2,1-3H3,(H,22,25)/t16-/m1/s1. The van der Waals surface area contributed by atoms with Crippen molar-refractivity contribution in [3.63, 3.8) is 0 Å². The van der Waals surface area contributed by atoms with Crippen LogP contribution in [0.2, 0.25) is 0 Å². The number of nitrogens with one attached hydrogen (secondary N) is 1. The number of Topliss-reactive ketones (excluding diaryl/α,β-unsaturated/α-hetero) is 1. The van der Waals surface area contributed by atoms with Gasteiger partial charge in [0.05, 0.1) is 22.2 Å². The van der Waals surface area contributed by atoms with Crippen molar-refractivity contribution < 1.29 is 9.59 Å². The predicted molar refractivity (Wildman–Crippen MR) is 107 cm³/mol. The van der Waals surface area contributed by atoms with Gasteiger partial charge in [0.2, 0.25) is 5.91 Å². The third-order valence-corrected chi connectivity index (χ3v) is 5.98. The Bertz CT molecular complexity index is 1050. The minimum absolute atomic E-state index is 0.00541. The summed E-state index contributed by atoms with van der Waals surface area (Å²) in [4.78, 5) is 27.3. The van der Waals surface area contributed by atoms with Gasteiger partial charge in [-0.25, -0.2) is 4.68 Å². The molecular weight excluding hydrogens is 358 g/mol. The average Bonchev–Trinajstić information content (AvgIpc) is 3.24. The van der Waals surface area contributed by atoms with Crippen molar-refractivity contribution in [3.05, 3.63) is 63.0 Å². The van der Waals surface area contributed by atoms with Crippen LogP contribution in [-0.4, -0.2) is 21.5 Å². The number of anilines is 1. The summed E-state index contributed by atoms with van der Waals surface area (Å²) in [7, 11) is 0. The Morgan fingerprint density at radius 1 is 1.30 bits per heavy atom. The number of amides is 1. The second-order valence-corrected chi connectivity index (χ2v) is 8.15. The van der Waals surface area contributed by atoms with Crippen LogP contribution >= 0.6 is 11.3 Å². The molecule has 2 aromatic heterocycles. The summed E-state index contributed by atoms with van der Waals surface area (Å²) in [5, 5.41) is 7.60. The molecule has 138 valence electrons. The zero-order valence-electron chi connectivity index (χ0n) is 15.6. The minimum Gasteiger partial charge on any atom is -0.310 e. The van der Waals surface area contributed by atoms with Gasteiger partial charge < -0.3 is 5.32 Å². The van der Waals surface area contributed by atoms with Crippen LogP contribution in [0.25, 0.3) is 5.69 Å². The van der Waals surface area contributed by atoms with E-state index >= 15 is 0 Å². The van der Waals surface area contributed by atoms with Crippen LogP contribution in [0.15, 0.2) is 36.4 Å². The first-order chi connectivity index (χ1) is 13.0. The first-order valence-electron chi connectivity index (χ1n) is 9.07. The van der Waals surface area contributed by atoms with E-state index in [1.165, 1.54) is 16.9 Å². The van der Waals surface area contributed by atoms with E-state index in [9.17, 15) is 9.59 Å². The van der Waals surface area contributed by atoms with Gasteiger partial charge in [-0.1, -0.05) is 19.1 Å². The van der Waals surface area contributed by atoms with Gasteiger partial charge >= 0.3 is 0 Å². The van der Waals surface area contributed by atoms with E-state index in [-0.39, 0.29) is 18.1 Å². The quantitative estimate of drug-likeness (QED) is 0.683. The second-order valence-electron chi connectivity index (χ2n) is 6.86. The molecule has 5 nitrogen and oxygen atoms in total. The van der Waals surface area contributed by atoms with Gasteiger partial charge in [0.25, 0.3) is 0 Å². The highest BCUT2D eigenvalue weighted by atomic mass is 32.1. The van der Waals surface area contributed by atoms with Crippen LogP contribution in [0, 0.1) is 13.8 Å². The molecule has 1 N–H and O–H groups in total. The van der Waals surface area contributed by atoms with Crippen molar-refractivity contribution in [1.29, 1.82) is 0 Å². The fourth-order valence-electron chi connectivity index (χ4n) is 3.60. The summed E-state index contributed by atoms with van der Waals surface area (Å²) in [6, 6.07) is 11.9. The first kappa shape index (κ1) is 17.7. The van der Waals surface area contributed by atoms with Crippen molar-refractivity contribution >= 4 is 28.8 Å². The van der Waals surface area contributed by atoms with E-state index in [1.54, 1.807) is 4.68 Å². The number of aromatic nitrogens is 2. The molecule has 0 bridgehead atoms. The summed E-state index contributed by atoms with van der Waals surface area (Å²) in [5.74, 6) is -0.0328. The van der Waals surface area contributed by atoms with Crippen LogP contribution in [-0.2, 0) is 11.2 Å². The monoisotopic (exact) mass is 379 g/mol. The third-order valence-electron chi connectivity index (χ3n) is 4.97. The molecule has 0 unspecified atom stereocenters. The number of aryl methyl sites for hydroxylation is 3. The molecule has 0 saturated carbocycles. The summed E-state index contributed by atoms with van der Waals surface area (Å²) >= 11 is 1.47. The summed E-state index contributed by atoms with van der Waals surface area (Å²) < 4.78 is 1.75. The molecule has 0 saturated heterocycles. The van der Waals surface area contributed by atoms with E-state index in [0.717, 1.165) is 28.2 Å². The van der Waals surface area contributed by atoms with Crippen molar-refractivity contribution in [1.82, 2.24) is 9.78 Å². The lowest BCUT2D eigenvalue weighted by Gasteiger charge is -2.22. The van der Waals surface area contributed by atoms with Gasteiger partial charge in [-0.3, -0.25) is 9.59 Å². The number of benzene rings is 1. The molecule has 1 aliphatic rings. The third kappa shape index (κ3) is 3.10. The molecule has 3 aromatic rings. The number of ketones is 1. The van der Waals surface area contributed by atoms with E-state index in [2.05, 4.69) is 29.5 Å². The van der Waals surface area contributed by atoms with Crippen LogP contribution in [0.5, 0.6) is 0 Å². The highest BCUT2D eigenvalue weighted by Gasteiger charge is 2.36. The average molecular weight is 379 g/mol. The molecule has 0 fully saturated rings. The smallest absolute Gasteiger partial charge is 0.226 e. The second kappa shape index (κ2) is 6.78. The maximum absolute atomic E-state index is 13.1. The van der Waals surface area contributed by atoms with Crippen LogP contribution < -0.4 is 5.32 Å². The zero-order chi connectivity index (χ0) is 19.1. The molecular formula is C21H21N3O2S. The molecule has 6 heteroatoms. The number of thiophene rings is 1. The summed E-state index contributed by atoms with van der Waals surface area (Å²) in [5.41, 5.74) is 3.68. The van der Waals surface area contributed by atoms with Gasteiger partial charge in [-0.05, 0) is 50.1 Å². The van der Waals surface area contributed by atoms with Gasteiger partial charge in [0, 0.05) is 16.9 Å². The molecule has 1 aromatic carbocycles. The van der Waals surface area contributed by atoms with Gasteiger partial charge in [-0.2, -0.15) is 5.10 Å². The van der Waals surface area contributed by atoms with Crippen LogP contribution in [0.3, 0.4) is 0 Å². The van der Waals surface area contributed by atoms with Crippen LogP contribution in [0.1, 0.15) is 50.6 Å². The minimum atomic E-state index is -0.491. The van der Waals surface area contributed by atoms with Crippen molar-refractivity contribution in [2.45, 2.75) is 39.5 Å². The molecule has 0 spiro atoms. The number of fused-ring (bicyclic) bond motifs is 1. The maximum atomic E-state index is 13.1. The topological polar surface area (TPSA) is 64.0 Å². The zero-order valence-corrected chi connectivity index (χ0v) is 16.4. The Kier molecular flexibility index (Phi) is 4.44. The Morgan fingerprint density at radius 2 is 2.11 bits per heavy atom. The normalized spacial score (nSPS) is 16.1. The van der Waals surface area contributed by atoms with E-state index < -0.39 is 5.92 Å². The fourth-order valence-corrected chi connectivity index (χ4v) is 4.47. The lowest BCUT2D eigenvalue weighted by atomic mass is 9.87. The molecule has 1 aliphatic heterocycles. The van der Waals surface area contributed by atoms with E-state index in [1.807, 2.05) is 38.1 Å². The Morgan fingerprint density at radius 3 is 2.81 bits per heavy atom. The molecule has 1 atom stereocenters. The Hall–Kier alpha value is -2.73. The highest BCUT2D eigenvalue weighted by molar-refractivity contribution is 7.14. The lowest BCUT2D eigenvalue weighted by molar-refractivity contribution is -0.116. The number of hydrogen-bond acceptors (Lipinski definition) is 4. The Balaban J connectivity index is 1.82. The molecule has 3 heterocycles. The molecule has 0 radical (unpaired) electrons. The van der Waals surface area contributed by atoms with E-state index in [4.69, 9.17) is 0 Å².